The van der Waals surface area contributed by atoms with Crippen LogP contribution in [-0.4, -0.2) is 34.5 Å². The number of aryl methyl sites for hydroxylation is 1. The van der Waals surface area contributed by atoms with E-state index in [2.05, 4.69) is 31.4 Å². The van der Waals surface area contributed by atoms with Gasteiger partial charge in [-0.3, -0.25) is 9.69 Å². The third-order valence-electron chi connectivity index (χ3n) is 2.97. The number of amides is 1. The number of nitrogens with two attached hydrogens (primary N) is 1. The molecule has 0 aliphatic carbocycles. The third-order valence-corrected chi connectivity index (χ3v) is 3.47. The minimum atomic E-state index is -0.101. The van der Waals surface area contributed by atoms with Crippen molar-refractivity contribution in [3.63, 3.8) is 0 Å². The number of carbonyl (C=O) groups excluding carboxylic acids is 1. The third kappa shape index (κ3) is 4.62. The smallest absolute Gasteiger partial charge is 0.240 e. The van der Waals surface area contributed by atoms with Crippen molar-refractivity contribution >= 4 is 27.5 Å². The van der Waals surface area contributed by atoms with Gasteiger partial charge in [-0.25, -0.2) is 0 Å². The molecule has 0 radical (unpaired) electrons. The van der Waals surface area contributed by atoms with Crippen molar-refractivity contribution in [3.05, 3.63) is 40.0 Å². The molecule has 0 unspecified atom stereocenters. The summed E-state index contributed by atoms with van der Waals surface area (Å²) in [7, 11) is 1.81. The lowest BCUT2D eigenvalue weighted by Gasteiger charge is -2.15. The average molecular weight is 368 g/mol. The molecule has 0 saturated carbocycles. The monoisotopic (exact) mass is 367 g/mol. The summed E-state index contributed by atoms with van der Waals surface area (Å²) in [4.78, 5) is 18.0. The molecule has 0 saturated heterocycles. The topological polar surface area (TPSA) is 97.3 Å². The molecule has 2 aromatic rings. The summed E-state index contributed by atoms with van der Waals surface area (Å²) in [6.07, 6.45) is 0. The zero-order chi connectivity index (χ0) is 16.1. The van der Waals surface area contributed by atoms with E-state index in [9.17, 15) is 4.79 Å². The van der Waals surface area contributed by atoms with Crippen LogP contribution in [0.3, 0.4) is 0 Å². The molecule has 0 aliphatic rings. The summed E-state index contributed by atoms with van der Waals surface area (Å²) in [6, 6.07) is 5.71. The lowest BCUT2D eigenvalue weighted by Crippen LogP contribution is -2.30. The van der Waals surface area contributed by atoms with Gasteiger partial charge in [-0.1, -0.05) is 21.1 Å². The van der Waals surface area contributed by atoms with E-state index < -0.39 is 0 Å². The van der Waals surface area contributed by atoms with Gasteiger partial charge in [0.05, 0.1) is 19.6 Å². The van der Waals surface area contributed by atoms with Gasteiger partial charge in [-0.15, -0.1) is 0 Å². The Labute approximate surface area is 137 Å². The van der Waals surface area contributed by atoms with E-state index in [0.717, 1.165) is 15.7 Å². The quantitative estimate of drug-likeness (QED) is 0.805. The minimum Gasteiger partial charge on any atom is -0.338 e. The fraction of sp³-hybridized carbons (Fsp3) is 0.357. The number of hydrogen-bond donors (Lipinski definition) is 2. The van der Waals surface area contributed by atoms with Gasteiger partial charge in [0.15, 0.2) is 5.82 Å². The van der Waals surface area contributed by atoms with Crippen LogP contribution in [0.2, 0.25) is 0 Å². The van der Waals surface area contributed by atoms with Crippen LogP contribution >= 0.6 is 15.9 Å². The van der Waals surface area contributed by atoms with E-state index in [0.29, 0.717) is 18.3 Å². The highest BCUT2D eigenvalue weighted by molar-refractivity contribution is 9.10. The zero-order valence-corrected chi connectivity index (χ0v) is 14.1. The molecule has 118 valence electrons. The molecule has 22 heavy (non-hydrogen) atoms. The van der Waals surface area contributed by atoms with Crippen molar-refractivity contribution in [2.45, 2.75) is 20.0 Å². The normalized spacial score (nSPS) is 11.0. The number of halogens is 1. The van der Waals surface area contributed by atoms with E-state index in [4.69, 9.17) is 10.3 Å². The van der Waals surface area contributed by atoms with Crippen LogP contribution in [0.25, 0.3) is 0 Å². The van der Waals surface area contributed by atoms with Crippen LogP contribution in [-0.2, 0) is 17.9 Å². The van der Waals surface area contributed by atoms with Crippen LogP contribution in [0.1, 0.15) is 17.3 Å². The van der Waals surface area contributed by atoms with Gasteiger partial charge in [0.1, 0.15) is 0 Å². The van der Waals surface area contributed by atoms with Gasteiger partial charge < -0.3 is 15.6 Å². The minimum absolute atomic E-state index is 0.101. The molecule has 0 aliphatic heterocycles. The highest BCUT2D eigenvalue weighted by Gasteiger charge is 2.12. The Morgan fingerprint density at radius 1 is 1.50 bits per heavy atom. The summed E-state index contributed by atoms with van der Waals surface area (Å²) >= 11 is 3.40. The van der Waals surface area contributed by atoms with Crippen molar-refractivity contribution in [2.75, 3.05) is 18.9 Å². The molecule has 3 N–H and O–H groups in total. The molecule has 1 heterocycles. The highest BCUT2D eigenvalue weighted by Crippen LogP contribution is 2.19. The number of hydrogen-bond acceptors (Lipinski definition) is 6. The number of likely N-dealkylation sites (N-methyl/N-ethyl adjacent to an activating group) is 1. The van der Waals surface area contributed by atoms with Crippen molar-refractivity contribution in [1.29, 1.82) is 0 Å². The first kappa shape index (κ1) is 16.6. The number of carbonyl (C=O) groups is 1. The molecular weight excluding hydrogens is 350 g/mol. The summed E-state index contributed by atoms with van der Waals surface area (Å²) in [5.74, 6) is 0.796. The first-order chi connectivity index (χ1) is 10.5. The Hall–Kier alpha value is -1.77. The second-order valence-electron chi connectivity index (χ2n) is 4.99. The average Bonchev–Trinajstić information content (AvgIpc) is 2.89. The Bertz CT molecular complexity index is 658. The number of rotatable bonds is 6. The predicted octanol–water partition coefficient (Wildman–Crippen LogP) is 1.67. The second-order valence-corrected chi connectivity index (χ2v) is 5.90. The first-order valence-corrected chi connectivity index (χ1v) is 7.53. The molecule has 1 aromatic carbocycles. The van der Waals surface area contributed by atoms with E-state index in [1.165, 1.54) is 0 Å². The van der Waals surface area contributed by atoms with Crippen LogP contribution in [0.4, 0.5) is 5.69 Å². The van der Waals surface area contributed by atoms with Gasteiger partial charge in [0.2, 0.25) is 11.8 Å². The number of nitrogens with zero attached hydrogens (tertiary/aromatic N) is 3. The Morgan fingerprint density at radius 3 is 2.91 bits per heavy atom. The van der Waals surface area contributed by atoms with Crippen molar-refractivity contribution in [1.82, 2.24) is 15.0 Å². The molecule has 1 aromatic heterocycles. The van der Waals surface area contributed by atoms with Gasteiger partial charge in [-0.2, -0.15) is 4.98 Å². The highest BCUT2D eigenvalue weighted by atomic mass is 79.9. The molecule has 0 spiro atoms. The van der Waals surface area contributed by atoms with Crippen LogP contribution in [0.15, 0.2) is 27.2 Å². The number of benzene rings is 1. The first-order valence-electron chi connectivity index (χ1n) is 6.74. The summed E-state index contributed by atoms with van der Waals surface area (Å²) < 4.78 is 5.90. The van der Waals surface area contributed by atoms with Crippen molar-refractivity contribution < 1.29 is 9.32 Å². The van der Waals surface area contributed by atoms with E-state index in [-0.39, 0.29) is 19.0 Å². The molecule has 1 amide bonds. The SMILES string of the molecule is Cc1cc(Br)ccc1NC(=O)CN(C)Cc1noc(CN)n1. The van der Waals surface area contributed by atoms with E-state index in [1.54, 1.807) is 4.90 Å². The second kappa shape index (κ2) is 7.48. The fourth-order valence-corrected chi connectivity index (χ4v) is 2.41. The lowest BCUT2D eigenvalue weighted by atomic mass is 10.2. The van der Waals surface area contributed by atoms with Crippen LogP contribution in [0.5, 0.6) is 0 Å². The lowest BCUT2D eigenvalue weighted by molar-refractivity contribution is -0.117. The number of nitrogens with one attached hydrogen (secondary N) is 1. The summed E-state index contributed by atoms with van der Waals surface area (Å²) in [6.45, 7) is 2.79. The van der Waals surface area contributed by atoms with Gasteiger partial charge >= 0.3 is 0 Å². The maximum Gasteiger partial charge on any atom is 0.240 e. The van der Waals surface area contributed by atoms with Crippen molar-refractivity contribution in [2.24, 2.45) is 5.73 Å². The Morgan fingerprint density at radius 2 is 2.27 bits per heavy atom. The molecule has 2 rings (SSSR count). The standard InChI is InChI=1S/C14H18BrN5O2/c1-9-5-10(15)3-4-11(9)17-13(21)8-20(2)7-12-18-14(6-16)22-19-12/h3-5H,6-8,16H2,1-2H3,(H,17,21). The largest absolute Gasteiger partial charge is 0.338 e. The van der Waals surface area contributed by atoms with Crippen LogP contribution < -0.4 is 11.1 Å². The molecular formula is C14H18BrN5O2. The Balaban J connectivity index is 1.88. The number of anilines is 1. The maximum atomic E-state index is 12.1. The fourth-order valence-electron chi connectivity index (χ4n) is 1.94. The predicted molar refractivity (Wildman–Crippen MR) is 86.0 cm³/mol. The molecule has 0 fully saturated rings. The summed E-state index contributed by atoms with van der Waals surface area (Å²) in [5, 5.41) is 6.68. The van der Waals surface area contributed by atoms with Gasteiger partial charge in [-0.05, 0) is 37.7 Å². The molecule has 7 nitrogen and oxygen atoms in total. The summed E-state index contributed by atoms with van der Waals surface area (Å²) in [5.41, 5.74) is 7.20. The van der Waals surface area contributed by atoms with E-state index in [1.807, 2.05) is 32.2 Å². The van der Waals surface area contributed by atoms with Gasteiger partial charge in [0.25, 0.3) is 0 Å². The molecule has 0 bridgehead atoms. The Kier molecular flexibility index (Phi) is 5.64. The zero-order valence-electron chi connectivity index (χ0n) is 12.5. The van der Waals surface area contributed by atoms with Gasteiger partial charge in [0, 0.05) is 10.2 Å². The van der Waals surface area contributed by atoms with Crippen molar-refractivity contribution in [3.8, 4) is 0 Å². The van der Waals surface area contributed by atoms with E-state index >= 15 is 0 Å². The number of aromatic nitrogens is 2. The molecule has 8 heteroatoms. The van der Waals surface area contributed by atoms with Crippen LogP contribution in [0, 0.1) is 6.92 Å². The maximum absolute atomic E-state index is 12.1. The molecule has 0 atom stereocenters.